The van der Waals surface area contributed by atoms with Gasteiger partial charge in [-0.1, -0.05) is 12.1 Å². The summed E-state index contributed by atoms with van der Waals surface area (Å²) in [6.07, 6.45) is 0.873. The fraction of sp³-hybridized carbons (Fsp3) is 0.455. The van der Waals surface area contributed by atoms with E-state index in [-0.39, 0.29) is 18.2 Å². The predicted octanol–water partition coefficient (Wildman–Crippen LogP) is 1.52. The molecule has 0 amide bonds. The van der Waals surface area contributed by atoms with Crippen LogP contribution in [-0.4, -0.2) is 20.7 Å². The number of hydrogen-bond acceptors (Lipinski definition) is 3. The van der Waals surface area contributed by atoms with Gasteiger partial charge in [0.15, 0.2) is 0 Å². The van der Waals surface area contributed by atoms with Gasteiger partial charge in [-0.3, -0.25) is 4.72 Å². The van der Waals surface area contributed by atoms with Crippen LogP contribution in [0.1, 0.15) is 18.1 Å². The number of halogens is 1. The first-order valence-corrected chi connectivity index (χ1v) is 7.09. The summed E-state index contributed by atoms with van der Waals surface area (Å²) in [5, 5.41) is 3.27. The third-order valence-electron chi connectivity index (χ3n) is 2.79. The van der Waals surface area contributed by atoms with Gasteiger partial charge in [0.25, 0.3) is 0 Å². The molecule has 17 heavy (non-hydrogen) atoms. The molecule has 0 bridgehead atoms. The van der Waals surface area contributed by atoms with Crippen molar-refractivity contribution < 1.29 is 8.42 Å². The lowest BCUT2D eigenvalue weighted by atomic mass is 9.99. The first kappa shape index (κ1) is 14.3. The fourth-order valence-electron chi connectivity index (χ4n) is 1.87. The Morgan fingerprint density at radius 1 is 1.41 bits per heavy atom. The van der Waals surface area contributed by atoms with E-state index < -0.39 is 10.0 Å². The quantitative estimate of drug-likeness (QED) is 0.880. The van der Waals surface area contributed by atoms with Gasteiger partial charge in [-0.05, 0) is 37.1 Å². The highest BCUT2D eigenvalue weighted by Crippen LogP contribution is 2.23. The SMILES string of the molecule is CCS(=O)(=O)Nc1cccc2c1CCNC2.Cl. The van der Waals surface area contributed by atoms with Crippen LogP contribution in [0.15, 0.2) is 18.2 Å². The molecule has 4 nitrogen and oxygen atoms in total. The van der Waals surface area contributed by atoms with E-state index in [2.05, 4.69) is 10.0 Å². The Morgan fingerprint density at radius 3 is 2.88 bits per heavy atom. The lowest BCUT2D eigenvalue weighted by molar-refractivity contribution is 0.602. The molecule has 0 radical (unpaired) electrons. The standard InChI is InChI=1S/C11H16N2O2S.ClH/c1-2-16(14,15)13-11-5-3-4-9-8-12-7-6-10(9)11;/h3-5,12-13H,2,6-8H2,1H3;1H. The van der Waals surface area contributed by atoms with E-state index in [1.54, 1.807) is 6.92 Å². The second-order valence-corrected chi connectivity index (χ2v) is 5.89. The third-order valence-corrected chi connectivity index (χ3v) is 4.08. The number of fused-ring (bicyclic) bond motifs is 1. The number of sulfonamides is 1. The molecule has 6 heteroatoms. The highest BCUT2D eigenvalue weighted by Gasteiger charge is 2.15. The summed E-state index contributed by atoms with van der Waals surface area (Å²) in [5.41, 5.74) is 3.04. The zero-order chi connectivity index (χ0) is 11.6. The Kier molecular flexibility index (Phi) is 4.80. The lowest BCUT2D eigenvalue weighted by Gasteiger charge is -2.20. The number of anilines is 1. The van der Waals surface area contributed by atoms with Crippen molar-refractivity contribution in [3.8, 4) is 0 Å². The van der Waals surface area contributed by atoms with Gasteiger partial charge in [0.1, 0.15) is 0 Å². The van der Waals surface area contributed by atoms with E-state index in [9.17, 15) is 8.42 Å². The van der Waals surface area contributed by atoms with E-state index in [0.29, 0.717) is 0 Å². The number of rotatable bonds is 3. The first-order valence-electron chi connectivity index (χ1n) is 5.44. The minimum absolute atomic E-state index is 0. The zero-order valence-corrected chi connectivity index (χ0v) is 11.3. The lowest BCUT2D eigenvalue weighted by Crippen LogP contribution is -2.25. The van der Waals surface area contributed by atoms with E-state index in [1.165, 1.54) is 5.56 Å². The summed E-state index contributed by atoms with van der Waals surface area (Å²) in [4.78, 5) is 0. The maximum Gasteiger partial charge on any atom is 0.232 e. The van der Waals surface area contributed by atoms with Crippen LogP contribution in [-0.2, 0) is 23.0 Å². The molecule has 1 aromatic rings. The van der Waals surface area contributed by atoms with Crippen molar-refractivity contribution in [2.45, 2.75) is 19.9 Å². The van der Waals surface area contributed by atoms with Crippen molar-refractivity contribution in [1.82, 2.24) is 5.32 Å². The van der Waals surface area contributed by atoms with Crippen molar-refractivity contribution in [2.75, 3.05) is 17.0 Å². The van der Waals surface area contributed by atoms with Crippen LogP contribution in [0.4, 0.5) is 5.69 Å². The Labute approximate surface area is 108 Å². The highest BCUT2D eigenvalue weighted by atomic mass is 35.5. The maximum atomic E-state index is 11.5. The maximum absolute atomic E-state index is 11.5. The molecule has 0 atom stereocenters. The first-order chi connectivity index (χ1) is 7.62. The van der Waals surface area contributed by atoms with Crippen molar-refractivity contribution in [2.24, 2.45) is 0 Å². The molecule has 0 saturated heterocycles. The molecule has 96 valence electrons. The van der Waals surface area contributed by atoms with Crippen LogP contribution in [0.5, 0.6) is 0 Å². The summed E-state index contributed by atoms with van der Waals surface area (Å²) in [5.74, 6) is 0.106. The molecule has 1 heterocycles. The predicted molar refractivity (Wildman–Crippen MR) is 72.2 cm³/mol. The van der Waals surface area contributed by atoms with Gasteiger partial charge < -0.3 is 5.32 Å². The molecule has 0 aliphatic carbocycles. The Morgan fingerprint density at radius 2 is 2.18 bits per heavy atom. The van der Waals surface area contributed by atoms with Crippen LogP contribution in [0, 0.1) is 0 Å². The molecule has 0 aromatic heterocycles. The van der Waals surface area contributed by atoms with Crippen LogP contribution in [0.2, 0.25) is 0 Å². The molecule has 1 aromatic carbocycles. The Balaban J connectivity index is 0.00000144. The molecule has 2 rings (SSSR count). The van der Waals surface area contributed by atoms with E-state index in [0.717, 1.165) is 30.8 Å². The average molecular weight is 277 g/mol. The molecular formula is C11H17ClN2O2S. The van der Waals surface area contributed by atoms with Crippen molar-refractivity contribution >= 4 is 28.1 Å². The molecule has 1 aliphatic heterocycles. The third kappa shape index (κ3) is 3.34. The molecule has 2 N–H and O–H groups in total. The summed E-state index contributed by atoms with van der Waals surface area (Å²) in [6.45, 7) is 3.36. The van der Waals surface area contributed by atoms with Gasteiger partial charge in [0.2, 0.25) is 10.0 Å². The van der Waals surface area contributed by atoms with Crippen LogP contribution in [0.25, 0.3) is 0 Å². The smallest absolute Gasteiger partial charge is 0.232 e. The van der Waals surface area contributed by atoms with Crippen molar-refractivity contribution in [1.29, 1.82) is 0 Å². The summed E-state index contributed by atoms with van der Waals surface area (Å²) < 4.78 is 25.7. The Hall–Kier alpha value is -0.780. The molecular weight excluding hydrogens is 260 g/mol. The van der Waals surface area contributed by atoms with Crippen molar-refractivity contribution in [3.63, 3.8) is 0 Å². The minimum Gasteiger partial charge on any atom is -0.312 e. The van der Waals surface area contributed by atoms with Crippen LogP contribution in [0.3, 0.4) is 0 Å². The van der Waals surface area contributed by atoms with Gasteiger partial charge in [0.05, 0.1) is 11.4 Å². The average Bonchev–Trinajstić information content (AvgIpc) is 2.29. The van der Waals surface area contributed by atoms with Crippen LogP contribution < -0.4 is 10.0 Å². The highest BCUT2D eigenvalue weighted by molar-refractivity contribution is 7.92. The molecule has 0 spiro atoms. The molecule has 1 aliphatic rings. The zero-order valence-electron chi connectivity index (χ0n) is 9.69. The van der Waals surface area contributed by atoms with E-state index >= 15 is 0 Å². The summed E-state index contributed by atoms with van der Waals surface area (Å²) in [6, 6.07) is 5.75. The minimum atomic E-state index is -3.18. The van der Waals surface area contributed by atoms with E-state index in [4.69, 9.17) is 0 Å². The molecule has 0 unspecified atom stereocenters. The van der Waals surface area contributed by atoms with Gasteiger partial charge in [-0.2, -0.15) is 0 Å². The Bertz CT molecular complexity index is 488. The van der Waals surface area contributed by atoms with Gasteiger partial charge in [-0.25, -0.2) is 8.42 Å². The summed E-state index contributed by atoms with van der Waals surface area (Å²) in [7, 11) is -3.18. The topological polar surface area (TPSA) is 58.2 Å². The number of hydrogen-bond donors (Lipinski definition) is 2. The summed E-state index contributed by atoms with van der Waals surface area (Å²) >= 11 is 0. The molecule has 0 saturated carbocycles. The van der Waals surface area contributed by atoms with Crippen LogP contribution >= 0.6 is 12.4 Å². The normalized spacial score (nSPS) is 14.6. The van der Waals surface area contributed by atoms with E-state index in [1.807, 2.05) is 18.2 Å². The second-order valence-electron chi connectivity index (χ2n) is 3.88. The van der Waals surface area contributed by atoms with Gasteiger partial charge in [-0.15, -0.1) is 12.4 Å². The number of nitrogens with one attached hydrogen (secondary N) is 2. The van der Waals surface area contributed by atoms with Gasteiger partial charge >= 0.3 is 0 Å². The second kappa shape index (κ2) is 5.71. The fourth-order valence-corrected chi connectivity index (χ4v) is 2.54. The molecule has 0 fully saturated rings. The van der Waals surface area contributed by atoms with Gasteiger partial charge in [0, 0.05) is 6.54 Å². The number of benzene rings is 1. The largest absolute Gasteiger partial charge is 0.312 e. The monoisotopic (exact) mass is 276 g/mol. The van der Waals surface area contributed by atoms with Crippen molar-refractivity contribution in [3.05, 3.63) is 29.3 Å².